The highest BCUT2D eigenvalue weighted by atomic mass is 32.2. The number of rotatable bonds is 7. The maximum Gasteiger partial charge on any atom is 0.261 e. The summed E-state index contributed by atoms with van der Waals surface area (Å²) in [5.74, 6) is -0.0605. The minimum absolute atomic E-state index is 0.0217. The molecule has 0 unspecified atom stereocenters. The molecule has 140 valence electrons. The first-order chi connectivity index (χ1) is 13.0. The van der Waals surface area contributed by atoms with Crippen molar-refractivity contribution in [3.05, 3.63) is 66.5 Å². The Balaban J connectivity index is 1.80. The Kier molecular flexibility index (Phi) is 5.66. The van der Waals surface area contributed by atoms with E-state index in [0.29, 0.717) is 29.4 Å². The van der Waals surface area contributed by atoms with Crippen LogP contribution in [0.3, 0.4) is 0 Å². The van der Waals surface area contributed by atoms with E-state index in [1.165, 1.54) is 12.1 Å². The number of benzene rings is 2. The molecule has 8 heteroatoms. The molecular formula is C19H18FN3O3S. The maximum absolute atomic E-state index is 13.0. The van der Waals surface area contributed by atoms with Gasteiger partial charge in [0.15, 0.2) is 0 Å². The van der Waals surface area contributed by atoms with Gasteiger partial charge in [-0.25, -0.2) is 12.8 Å². The zero-order valence-corrected chi connectivity index (χ0v) is 15.4. The lowest BCUT2D eigenvalue weighted by Gasteiger charge is -2.09. The second kappa shape index (κ2) is 8.13. The van der Waals surface area contributed by atoms with Crippen molar-refractivity contribution in [1.82, 2.24) is 10.2 Å². The number of anilines is 1. The van der Waals surface area contributed by atoms with Gasteiger partial charge in [0.05, 0.1) is 17.2 Å². The molecule has 0 radical (unpaired) electrons. The van der Waals surface area contributed by atoms with Crippen LogP contribution in [0.5, 0.6) is 5.88 Å². The first-order valence-corrected chi connectivity index (χ1v) is 9.81. The normalized spacial score (nSPS) is 11.2. The van der Waals surface area contributed by atoms with Crippen LogP contribution in [0.25, 0.3) is 11.3 Å². The summed E-state index contributed by atoms with van der Waals surface area (Å²) in [6.07, 6.45) is 0.875. The molecule has 0 amide bonds. The Hall–Kier alpha value is -3.00. The number of nitrogens with zero attached hydrogens (tertiary/aromatic N) is 2. The van der Waals surface area contributed by atoms with Crippen molar-refractivity contribution < 1.29 is 17.5 Å². The third-order valence-corrected chi connectivity index (χ3v) is 5.03. The summed E-state index contributed by atoms with van der Waals surface area (Å²) in [7, 11) is -3.82. The minimum Gasteiger partial charge on any atom is -0.477 e. The number of hydrogen-bond acceptors (Lipinski definition) is 5. The van der Waals surface area contributed by atoms with E-state index in [-0.39, 0.29) is 4.90 Å². The van der Waals surface area contributed by atoms with Crippen molar-refractivity contribution in [2.45, 2.75) is 18.2 Å². The van der Waals surface area contributed by atoms with E-state index in [1.54, 1.807) is 36.4 Å². The Bertz CT molecular complexity index is 1010. The smallest absolute Gasteiger partial charge is 0.261 e. The SMILES string of the molecule is CCCOc1ccc(-c2cccc(NS(=O)(=O)c3ccc(F)cc3)c2)nn1. The van der Waals surface area contributed by atoms with Crippen LogP contribution in [0.2, 0.25) is 0 Å². The number of ether oxygens (including phenoxy) is 1. The van der Waals surface area contributed by atoms with Gasteiger partial charge >= 0.3 is 0 Å². The summed E-state index contributed by atoms with van der Waals surface area (Å²) < 4.78 is 45.7. The monoisotopic (exact) mass is 387 g/mol. The van der Waals surface area contributed by atoms with Crippen LogP contribution in [-0.4, -0.2) is 25.2 Å². The Morgan fingerprint density at radius 3 is 2.48 bits per heavy atom. The summed E-state index contributed by atoms with van der Waals surface area (Å²) >= 11 is 0. The van der Waals surface area contributed by atoms with Crippen LogP contribution in [0.4, 0.5) is 10.1 Å². The molecule has 3 rings (SSSR count). The lowest BCUT2D eigenvalue weighted by molar-refractivity contribution is 0.302. The van der Waals surface area contributed by atoms with Gasteiger partial charge in [-0.3, -0.25) is 4.72 Å². The maximum atomic E-state index is 13.0. The van der Waals surface area contributed by atoms with Crippen molar-refractivity contribution in [2.75, 3.05) is 11.3 Å². The summed E-state index contributed by atoms with van der Waals surface area (Å²) in [5, 5.41) is 8.12. The molecule has 0 aliphatic rings. The molecule has 0 bridgehead atoms. The predicted octanol–water partition coefficient (Wildman–Crippen LogP) is 3.87. The second-order valence-corrected chi connectivity index (χ2v) is 7.43. The van der Waals surface area contributed by atoms with Crippen molar-refractivity contribution in [3.8, 4) is 17.1 Å². The van der Waals surface area contributed by atoms with E-state index in [1.807, 2.05) is 6.92 Å². The fourth-order valence-electron chi connectivity index (χ4n) is 2.33. The molecule has 1 aromatic heterocycles. The van der Waals surface area contributed by atoms with Crippen molar-refractivity contribution in [3.63, 3.8) is 0 Å². The standard InChI is InChI=1S/C19H18FN3O3S/c1-2-12-26-19-11-10-18(21-22-19)14-4-3-5-16(13-14)23-27(24,25)17-8-6-15(20)7-9-17/h3-11,13,23H,2,12H2,1H3. The molecule has 1 heterocycles. The lowest BCUT2D eigenvalue weighted by atomic mass is 10.1. The minimum atomic E-state index is -3.82. The number of aromatic nitrogens is 2. The summed E-state index contributed by atoms with van der Waals surface area (Å²) in [4.78, 5) is -0.0217. The molecule has 0 fully saturated rings. The molecule has 0 aliphatic heterocycles. The van der Waals surface area contributed by atoms with E-state index >= 15 is 0 Å². The van der Waals surface area contributed by atoms with Crippen LogP contribution >= 0.6 is 0 Å². The average Bonchev–Trinajstić information content (AvgIpc) is 2.67. The largest absolute Gasteiger partial charge is 0.477 e. The van der Waals surface area contributed by atoms with E-state index in [0.717, 1.165) is 18.6 Å². The van der Waals surface area contributed by atoms with Gasteiger partial charge < -0.3 is 4.74 Å². The lowest BCUT2D eigenvalue weighted by Crippen LogP contribution is -2.12. The van der Waals surface area contributed by atoms with E-state index in [9.17, 15) is 12.8 Å². The molecule has 0 aliphatic carbocycles. The number of hydrogen-bond donors (Lipinski definition) is 1. The highest BCUT2D eigenvalue weighted by Crippen LogP contribution is 2.23. The summed E-state index contributed by atoms with van der Waals surface area (Å²) in [6, 6.07) is 14.9. The highest BCUT2D eigenvalue weighted by molar-refractivity contribution is 7.92. The van der Waals surface area contributed by atoms with Gasteiger partial charge in [-0.05, 0) is 48.9 Å². The quantitative estimate of drug-likeness (QED) is 0.665. The number of nitrogens with one attached hydrogen (secondary N) is 1. The van der Waals surface area contributed by atoms with Crippen LogP contribution < -0.4 is 9.46 Å². The Labute approximate surface area is 157 Å². The average molecular weight is 387 g/mol. The first-order valence-electron chi connectivity index (χ1n) is 8.33. The molecule has 1 N–H and O–H groups in total. The zero-order valence-electron chi connectivity index (χ0n) is 14.6. The molecule has 0 atom stereocenters. The van der Waals surface area contributed by atoms with E-state index in [2.05, 4.69) is 14.9 Å². The van der Waals surface area contributed by atoms with Gasteiger partial charge in [-0.15, -0.1) is 10.2 Å². The van der Waals surface area contributed by atoms with Crippen molar-refractivity contribution in [1.29, 1.82) is 0 Å². The highest BCUT2D eigenvalue weighted by Gasteiger charge is 2.14. The number of sulfonamides is 1. The van der Waals surface area contributed by atoms with Gasteiger partial charge in [-0.1, -0.05) is 19.1 Å². The van der Waals surface area contributed by atoms with Crippen molar-refractivity contribution in [2.24, 2.45) is 0 Å². The topological polar surface area (TPSA) is 81.2 Å². The summed E-state index contributed by atoms with van der Waals surface area (Å²) in [5.41, 5.74) is 1.65. The van der Waals surface area contributed by atoms with Crippen LogP contribution in [0.15, 0.2) is 65.6 Å². The predicted molar refractivity (Wildman–Crippen MR) is 100 cm³/mol. The zero-order chi connectivity index (χ0) is 19.3. The Morgan fingerprint density at radius 2 is 1.81 bits per heavy atom. The van der Waals surface area contributed by atoms with E-state index in [4.69, 9.17) is 4.74 Å². The van der Waals surface area contributed by atoms with Gasteiger partial charge in [0, 0.05) is 17.3 Å². The molecule has 0 saturated heterocycles. The van der Waals surface area contributed by atoms with Crippen molar-refractivity contribution >= 4 is 15.7 Å². The summed E-state index contributed by atoms with van der Waals surface area (Å²) in [6.45, 7) is 2.56. The first kappa shape index (κ1) is 18.8. The Morgan fingerprint density at radius 1 is 1.04 bits per heavy atom. The van der Waals surface area contributed by atoms with Gasteiger partial charge in [-0.2, -0.15) is 0 Å². The van der Waals surface area contributed by atoms with Crippen LogP contribution in [0, 0.1) is 5.82 Å². The fraction of sp³-hybridized carbons (Fsp3) is 0.158. The molecule has 0 saturated carbocycles. The van der Waals surface area contributed by atoms with Gasteiger partial charge in [0.25, 0.3) is 10.0 Å². The molecule has 6 nitrogen and oxygen atoms in total. The van der Waals surface area contributed by atoms with Crippen LogP contribution in [0.1, 0.15) is 13.3 Å². The molecule has 3 aromatic rings. The van der Waals surface area contributed by atoms with Gasteiger partial charge in [0.2, 0.25) is 5.88 Å². The van der Waals surface area contributed by atoms with E-state index < -0.39 is 15.8 Å². The fourth-order valence-corrected chi connectivity index (χ4v) is 3.38. The third-order valence-electron chi connectivity index (χ3n) is 3.63. The molecular weight excluding hydrogens is 369 g/mol. The third kappa shape index (κ3) is 4.79. The molecule has 0 spiro atoms. The molecule has 2 aromatic carbocycles. The van der Waals surface area contributed by atoms with Crippen LogP contribution in [-0.2, 0) is 10.0 Å². The van der Waals surface area contributed by atoms with Gasteiger partial charge in [0.1, 0.15) is 5.82 Å². The second-order valence-electron chi connectivity index (χ2n) is 5.75. The number of halogens is 1. The molecule has 27 heavy (non-hydrogen) atoms.